The minimum atomic E-state index is 0.480. The van der Waals surface area contributed by atoms with E-state index in [1.165, 1.54) is 0 Å². The Morgan fingerprint density at radius 2 is 1.96 bits per heavy atom. The molecular formula is C18H16ClN5. The summed E-state index contributed by atoms with van der Waals surface area (Å²) in [4.78, 5) is 13.4. The van der Waals surface area contributed by atoms with Gasteiger partial charge in [-0.2, -0.15) is 4.98 Å². The van der Waals surface area contributed by atoms with Crippen molar-refractivity contribution in [3.8, 4) is 11.3 Å². The fourth-order valence-electron chi connectivity index (χ4n) is 2.36. The van der Waals surface area contributed by atoms with Gasteiger partial charge in [-0.05, 0) is 43.2 Å². The van der Waals surface area contributed by atoms with Crippen LogP contribution in [0.15, 0.2) is 54.9 Å². The van der Waals surface area contributed by atoms with Crippen LogP contribution in [0.3, 0.4) is 0 Å². The molecule has 0 atom stereocenters. The lowest BCUT2D eigenvalue weighted by molar-refractivity contribution is 1.06. The molecule has 0 saturated heterocycles. The smallest absolute Gasteiger partial charge is 0.225 e. The standard InChI is InChI=1S/C18H16ClN5/c19-13-4-1-5-15(9-13)21-17-10-16(12-3-2-8-20-11-12)23-18(24-17)22-14-6-7-14/h1-5,8-11,14H,6-7H2,(H2,21,22,23,24). The van der Waals surface area contributed by atoms with Crippen LogP contribution in [0, 0.1) is 0 Å². The van der Waals surface area contributed by atoms with E-state index in [4.69, 9.17) is 11.6 Å². The Morgan fingerprint density at radius 1 is 1.04 bits per heavy atom. The van der Waals surface area contributed by atoms with Gasteiger partial charge in [-0.3, -0.25) is 4.98 Å². The Morgan fingerprint density at radius 3 is 2.71 bits per heavy atom. The SMILES string of the molecule is Clc1cccc(Nc2cc(-c3cccnc3)nc(NC3CC3)n2)c1. The first-order valence-corrected chi connectivity index (χ1v) is 8.23. The minimum absolute atomic E-state index is 0.480. The summed E-state index contributed by atoms with van der Waals surface area (Å²) in [5, 5.41) is 7.33. The molecule has 3 aromatic rings. The van der Waals surface area contributed by atoms with Crippen molar-refractivity contribution in [2.75, 3.05) is 10.6 Å². The molecule has 1 saturated carbocycles. The van der Waals surface area contributed by atoms with Crippen LogP contribution in [-0.4, -0.2) is 21.0 Å². The molecule has 5 nitrogen and oxygen atoms in total. The van der Waals surface area contributed by atoms with E-state index >= 15 is 0 Å². The van der Waals surface area contributed by atoms with Gasteiger partial charge in [-0.25, -0.2) is 4.98 Å². The van der Waals surface area contributed by atoms with Crippen LogP contribution in [0.5, 0.6) is 0 Å². The molecule has 1 fully saturated rings. The Hall–Kier alpha value is -2.66. The Labute approximate surface area is 145 Å². The number of pyridine rings is 1. The fraction of sp³-hybridized carbons (Fsp3) is 0.167. The van der Waals surface area contributed by atoms with Gasteiger partial charge < -0.3 is 10.6 Å². The second kappa shape index (κ2) is 6.45. The molecule has 24 heavy (non-hydrogen) atoms. The van der Waals surface area contributed by atoms with Crippen molar-refractivity contribution in [3.05, 3.63) is 59.9 Å². The molecule has 0 aliphatic heterocycles. The maximum atomic E-state index is 6.05. The highest BCUT2D eigenvalue weighted by atomic mass is 35.5. The maximum absolute atomic E-state index is 6.05. The van der Waals surface area contributed by atoms with E-state index in [2.05, 4.69) is 25.6 Å². The van der Waals surface area contributed by atoms with E-state index in [1.807, 2.05) is 42.5 Å². The van der Waals surface area contributed by atoms with Gasteiger partial charge in [0.1, 0.15) is 5.82 Å². The lowest BCUT2D eigenvalue weighted by Crippen LogP contribution is -2.07. The van der Waals surface area contributed by atoms with Crippen LogP contribution in [0.1, 0.15) is 12.8 Å². The van der Waals surface area contributed by atoms with Gasteiger partial charge in [0.05, 0.1) is 5.69 Å². The number of hydrogen-bond donors (Lipinski definition) is 2. The third-order valence-corrected chi connectivity index (χ3v) is 3.93. The van der Waals surface area contributed by atoms with Gasteiger partial charge in [0.15, 0.2) is 0 Å². The summed E-state index contributed by atoms with van der Waals surface area (Å²) in [6.07, 6.45) is 5.88. The zero-order valence-corrected chi connectivity index (χ0v) is 13.7. The Kier molecular flexibility index (Phi) is 4.01. The maximum Gasteiger partial charge on any atom is 0.225 e. The predicted molar refractivity (Wildman–Crippen MR) is 96.6 cm³/mol. The number of anilines is 3. The lowest BCUT2D eigenvalue weighted by atomic mass is 10.2. The molecule has 4 rings (SSSR count). The number of rotatable bonds is 5. The van der Waals surface area contributed by atoms with Crippen molar-refractivity contribution in [3.63, 3.8) is 0 Å². The highest BCUT2D eigenvalue weighted by Crippen LogP contribution is 2.27. The van der Waals surface area contributed by atoms with Crippen LogP contribution >= 0.6 is 11.6 Å². The first kappa shape index (κ1) is 14.9. The highest BCUT2D eigenvalue weighted by Gasteiger charge is 2.22. The summed E-state index contributed by atoms with van der Waals surface area (Å²) < 4.78 is 0. The number of hydrogen-bond acceptors (Lipinski definition) is 5. The van der Waals surface area contributed by atoms with Crippen molar-refractivity contribution in [2.45, 2.75) is 18.9 Å². The first-order chi connectivity index (χ1) is 11.8. The molecule has 0 spiro atoms. The largest absolute Gasteiger partial charge is 0.351 e. The molecule has 0 unspecified atom stereocenters. The van der Waals surface area contributed by atoms with E-state index in [-0.39, 0.29) is 0 Å². The van der Waals surface area contributed by atoms with E-state index in [0.717, 1.165) is 29.8 Å². The number of halogens is 1. The van der Waals surface area contributed by atoms with E-state index in [0.29, 0.717) is 22.8 Å². The van der Waals surface area contributed by atoms with Gasteiger partial charge in [0, 0.05) is 40.8 Å². The van der Waals surface area contributed by atoms with Crippen LogP contribution in [-0.2, 0) is 0 Å². The van der Waals surface area contributed by atoms with E-state index < -0.39 is 0 Å². The monoisotopic (exact) mass is 337 g/mol. The van der Waals surface area contributed by atoms with Crippen LogP contribution in [0.2, 0.25) is 5.02 Å². The predicted octanol–water partition coefficient (Wildman–Crippen LogP) is 4.51. The van der Waals surface area contributed by atoms with Crippen molar-refractivity contribution >= 4 is 29.1 Å². The normalized spacial score (nSPS) is 13.5. The van der Waals surface area contributed by atoms with Gasteiger partial charge in [-0.15, -0.1) is 0 Å². The number of benzene rings is 1. The zero-order valence-electron chi connectivity index (χ0n) is 12.9. The Bertz CT molecular complexity index is 849. The van der Waals surface area contributed by atoms with Crippen LogP contribution in [0.25, 0.3) is 11.3 Å². The number of nitrogens with one attached hydrogen (secondary N) is 2. The van der Waals surface area contributed by atoms with Gasteiger partial charge in [0.25, 0.3) is 0 Å². The molecular weight excluding hydrogens is 322 g/mol. The number of nitrogens with zero attached hydrogens (tertiary/aromatic N) is 3. The molecule has 1 aliphatic rings. The summed E-state index contributed by atoms with van der Waals surface area (Å²) in [5.41, 5.74) is 2.66. The molecule has 6 heteroatoms. The highest BCUT2D eigenvalue weighted by molar-refractivity contribution is 6.30. The van der Waals surface area contributed by atoms with E-state index in [9.17, 15) is 0 Å². The van der Waals surface area contributed by atoms with Crippen molar-refractivity contribution in [2.24, 2.45) is 0 Å². The second-order valence-corrected chi connectivity index (χ2v) is 6.19. The second-order valence-electron chi connectivity index (χ2n) is 5.76. The molecule has 1 aromatic carbocycles. The molecule has 1 aliphatic carbocycles. The molecule has 2 aromatic heterocycles. The number of aromatic nitrogens is 3. The molecule has 0 radical (unpaired) electrons. The lowest BCUT2D eigenvalue weighted by Gasteiger charge is -2.11. The van der Waals surface area contributed by atoms with Gasteiger partial charge in [-0.1, -0.05) is 17.7 Å². The summed E-state index contributed by atoms with van der Waals surface area (Å²) in [5.74, 6) is 1.35. The van der Waals surface area contributed by atoms with Crippen molar-refractivity contribution in [1.82, 2.24) is 15.0 Å². The average molecular weight is 338 g/mol. The topological polar surface area (TPSA) is 62.7 Å². The molecule has 0 bridgehead atoms. The quantitative estimate of drug-likeness (QED) is 0.717. The summed E-state index contributed by atoms with van der Waals surface area (Å²) in [7, 11) is 0. The third-order valence-electron chi connectivity index (χ3n) is 3.69. The van der Waals surface area contributed by atoms with Crippen LogP contribution in [0.4, 0.5) is 17.5 Å². The summed E-state index contributed by atoms with van der Waals surface area (Å²) in [6.45, 7) is 0. The molecule has 2 heterocycles. The van der Waals surface area contributed by atoms with Gasteiger partial charge >= 0.3 is 0 Å². The first-order valence-electron chi connectivity index (χ1n) is 7.85. The summed E-state index contributed by atoms with van der Waals surface area (Å²) in [6, 6.07) is 13.8. The molecule has 2 N–H and O–H groups in total. The van der Waals surface area contributed by atoms with Crippen molar-refractivity contribution < 1.29 is 0 Å². The molecule has 120 valence electrons. The molecule has 0 amide bonds. The van der Waals surface area contributed by atoms with Crippen molar-refractivity contribution in [1.29, 1.82) is 0 Å². The zero-order chi connectivity index (χ0) is 16.4. The van der Waals surface area contributed by atoms with E-state index in [1.54, 1.807) is 12.4 Å². The van der Waals surface area contributed by atoms with Crippen LogP contribution < -0.4 is 10.6 Å². The fourth-order valence-corrected chi connectivity index (χ4v) is 2.55. The average Bonchev–Trinajstić information content (AvgIpc) is 3.39. The minimum Gasteiger partial charge on any atom is -0.351 e. The van der Waals surface area contributed by atoms with Gasteiger partial charge in [0.2, 0.25) is 5.95 Å². The summed E-state index contributed by atoms with van der Waals surface area (Å²) >= 11 is 6.05. The third kappa shape index (κ3) is 3.63. The Balaban J connectivity index is 1.69.